The Kier molecular flexibility index (Phi) is 4.69. The van der Waals surface area contributed by atoms with Crippen LogP contribution in [-0.2, 0) is 17.5 Å². The minimum absolute atomic E-state index is 0.421. The summed E-state index contributed by atoms with van der Waals surface area (Å²) in [5.74, 6) is 1.07. The van der Waals surface area contributed by atoms with Crippen molar-refractivity contribution < 1.29 is 17.9 Å². The van der Waals surface area contributed by atoms with E-state index < -0.39 is 17.5 Å². The number of rotatable bonds is 3. The van der Waals surface area contributed by atoms with Gasteiger partial charge in [-0.1, -0.05) is 18.6 Å². The largest absolute Gasteiger partial charge is 0.416 e. The Morgan fingerprint density at radius 1 is 1.18 bits per heavy atom. The number of nitrogens with one attached hydrogen (secondary N) is 1. The quantitative estimate of drug-likeness (QED) is 0.794. The number of aryl methyl sites for hydroxylation is 1. The van der Waals surface area contributed by atoms with Crippen molar-refractivity contribution >= 4 is 11.7 Å². The molecule has 0 unspecified atom stereocenters. The van der Waals surface area contributed by atoms with Crippen molar-refractivity contribution in [2.75, 3.05) is 12.0 Å². The van der Waals surface area contributed by atoms with Crippen LogP contribution < -0.4 is 4.90 Å². The van der Waals surface area contributed by atoms with Gasteiger partial charge in [0.15, 0.2) is 0 Å². The fraction of sp³-hybridized carbons (Fsp3) is 0.500. The third kappa shape index (κ3) is 3.09. The molecule has 1 N–H and O–H groups in total. The van der Waals surface area contributed by atoms with Gasteiger partial charge in [0.1, 0.15) is 17.4 Å². The van der Waals surface area contributed by atoms with Crippen molar-refractivity contribution in [3.05, 3.63) is 36.0 Å². The molecular weight excluding hydrogens is 369 g/mol. The Labute approximate surface area is 161 Å². The summed E-state index contributed by atoms with van der Waals surface area (Å²) in [6, 6.07) is 5.28. The number of ether oxygens (including phenoxy) is 1. The molecule has 1 aliphatic heterocycles. The summed E-state index contributed by atoms with van der Waals surface area (Å²) in [5, 5.41) is 13.0. The summed E-state index contributed by atoms with van der Waals surface area (Å²) >= 11 is 0. The van der Waals surface area contributed by atoms with Crippen LogP contribution in [0.25, 0.3) is 11.1 Å². The lowest BCUT2D eigenvalue weighted by Gasteiger charge is -2.48. The van der Waals surface area contributed by atoms with Crippen LogP contribution in [0.4, 0.5) is 19.0 Å². The highest BCUT2D eigenvalue weighted by Gasteiger charge is 2.44. The van der Waals surface area contributed by atoms with Gasteiger partial charge in [0.2, 0.25) is 0 Å². The SMILES string of the molecule is COC1(N2C(=N)CCn3ncc(-c4cccc(C(F)(F)F)c4)c32)CCCCC1. The number of anilines is 1. The van der Waals surface area contributed by atoms with E-state index in [1.54, 1.807) is 24.1 Å². The van der Waals surface area contributed by atoms with E-state index in [1.165, 1.54) is 6.07 Å². The molecule has 4 rings (SSSR count). The molecule has 150 valence electrons. The van der Waals surface area contributed by atoms with E-state index in [-0.39, 0.29) is 0 Å². The van der Waals surface area contributed by atoms with Crippen molar-refractivity contribution in [2.24, 2.45) is 0 Å². The van der Waals surface area contributed by atoms with E-state index in [0.717, 1.165) is 44.2 Å². The first-order valence-electron chi connectivity index (χ1n) is 9.52. The molecule has 1 aliphatic carbocycles. The van der Waals surface area contributed by atoms with Gasteiger partial charge < -0.3 is 4.74 Å². The first-order chi connectivity index (χ1) is 13.4. The molecule has 0 radical (unpaired) electrons. The molecule has 0 bridgehead atoms. The van der Waals surface area contributed by atoms with Gasteiger partial charge in [-0.25, -0.2) is 4.68 Å². The first-order valence-corrected chi connectivity index (χ1v) is 9.52. The number of hydrogen-bond acceptors (Lipinski definition) is 3. The molecule has 28 heavy (non-hydrogen) atoms. The fourth-order valence-corrected chi connectivity index (χ4v) is 4.36. The monoisotopic (exact) mass is 392 g/mol. The smallest absolute Gasteiger partial charge is 0.358 e. The molecule has 1 saturated carbocycles. The second-order valence-electron chi connectivity index (χ2n) is 7.43. The average Bonchev–Trinajstić information content (AvgIpc) is 3.12. The highest BCUT2D eigenvalue weighted by molar-refractivity contribution is 6.00. The molecule has 0 amide bonds. The molecule has 2 aromatic rings. The molecule has 1 aromatic carbocycles. The number of amidine groups is 1. The molecule has 0 saturated heterocycles. The second-order valence-corrected chi connectivity index (χ2v) is 7.43. The summed E-state index contributed by atoms with van der Waals surface area (Å²) in [7, 11) is 1.65. The van der Waals surface area contributed by atoms with Crippen molar-refractivity contribution in [2.45, 2.75) is 57.0 Å². The zero-order chi connectivity index (χ0) is 19.9. The number of halogens is 3. The van der Waals surface area contributed by atoms with Gasteiger partial charge in [-0.15, -0.1) is 0 Å². The second kappa shape index (κ2) is 6.92. The van der Waals surface area contributed by atoms with Gasteiger partial charge in [-0.2, -0.15) is 18.3 Å². The normalized spacial score (nSPS) is 19.6. The standard InChI is InChI=1S/C20H23F3N4O/c1-28-19(9-3-2-4-10-19)27-17(24)8-11-26-18(27)16(13-25-26)14-6-5-7-15(12-14)20(21,22)23/h5-7,12-13,24H,2-4,8-11H2,1H3. The van der Waals surface area contributed by atoms with Gasteiger partial charge in [-0.05, 0) is 43.4 Å². The van der Waals surface area contributed by atoms with Crippen LogP contribution in [0.5, 0.6) is 0 Å². The minimum Gasteiger partial charge on any atom is -0.358 e. The maximum absolute atomic E-state index is 13.2. The van der Waals surface area contributed by atoms with Crippen LogP contribution in [0.3, 0.4) is 0 Å². The summed E-state index contributed by atoms with van der Waals surface area (Å²) in [4.78, 5) is 1.87. The predicted octanol–water partition coefficient (Wildman–Crippen LogP) is 5.06. The van der Waals surface area contributed by atoms with Crippen LogP contribution in [0.15, 0.2) is 30.5 Å². The van der Waals surface area contributed by atoms with E-state index in [9.17, 15) is 13.2 Å². The van der Waals surface area contributed by atoms with Crippen LogP contribution in [-0.4, -0.2) is 28.5 Å². The number of methoxy groups -OCH3 is 1. The Balaban J connectivity index is 1.84. The minimum atomic E-state index is -4.41. The van der Waals surface area contributed by atoms with Crippen molar-refractivity contribution in [3.63, 3.8) is 0 Å². The van der Waals surface area contributed by atoms with Crippen molar-refractivity contribution in [1.82, 2.24) is 9.78 Å². The van der Waals surface area contributed by atoms with Gasteiger partial charge in [0, 0.05) is 19.1 Å². The zero-order valence-corrected chi connectivity index (χ0v) is 15.7. The van der Waals surface area contributed by atoms with Gasteiger partial charge >= 0.3 is 6.18 Å². The molecule has 0 atom stereocenters. The lowest BCUT2D eigenvalue weighted by atomic mass is 9.89. The van der Waals surface area contributed by atoms with Crippen LogP contribution >= 0.6 is 0 Å². The average molecular weight is 392 g/mol. The summed E-state index contributed by atoms with van der Waals surface area (Å²) in [6.07, 6.45) is 2.36. The van der Waals surface area contributed by atoms with Crippen molar-refractivity contribution in [3.8, 4) is 11.1 Å². The lowest BCUT2D eigenvalue weighted by molar-refractivity contribution is -0.137. The fourth-order valence-electron chi connectivity index (χ4n) is 4.36. The zero-order valence-electron chi connectivity index (χ0n) is 15.7. The molecule has 2 heterocycles. The molecule has 0 spiro atoms. The predicted molar refractivity (Wildman–Crippen MR) is 100 cm³/mol. The molecule has 2 aliphatic rings. The first kappa shape index (κ1) is 19.0. The van der Waals surface area contributed by atoms with E-state index >= 15 is 0 Å². The number of hydrogen-bond donors (Lipinski definition) is 1. The van der Waals surface area contributed by atoms with E-state index in [2.05, 4.69) is 5.10 Å². The molecule has 1 fully saturated rings. The maximum Gasteiger partial charge on any atom is 0.416 e. The summed E-state index contributed by atoms with van der Waals surface area (Å²) in [5.41, 5.74) is -0.305. The van der Waals surface area contributed by atoms with Gasteiger partial charge in [0.25, 0.3) is 0 Å². The Hall–Kier alpha value is -2.35. The Morgan fingerprint density at radius 2 is 1.93 bits per heavy atom. The van der Waals surface area contributed by atoms with Gasteiger partial charge in [-0.3, -0.25) is 10.3 Å². The Bertz CT molecular complexity index is 884. The maximum atomic E-state index is 13.2. The molecule has 1 aromatic heterocycles. The number of alkyl halides is 3. The summed E-state index contributed by atoms with van der Waals surface area (Å²) in [6.45, 7) is 0.531. The van der Waals surface area contributed by atoms with E-state index in [1.807, 2.05) is 4.90 Å². The Morgan fingerprint density at radius 3 is 2.61 bits per heavy atom. The van der Waals surface area contributed by atoms with Crippen LogP contribution in [0.1, 0.15) is 44.1 Å². The third-order valence-corrected chi connectivity index (χ3v) is 5.78. The number of nitrogens with zero attached hydrogens (tertiary/aromatic N) is 3. The number of aromatic nitrogens is 2. The highest BCUT2D eigenvalue weighted by Crippen LogP contribution is 2.44. The van der Waals surface area contributed by atoms with E-state index in [0.29, 0.717) is 35.7 Å². The molecule has 5 nitrogen and oxygen atoms in total. The third-order valence-electron chi connectivity index (χ3n) is 5.78. The van der Waals surface area contributed by atoms with Crippen LogP contribution in [0, 0.1) is 5.41 Å². The van der Waals surface area contributed by atoms with Gasteiger partial charge in [0.05, 0.1) is 18.3 Å². The summed E-state index contributed by atoms with van der Waals surface area (Å²) < 4.78 is 47.4. The topological polar surface area (TPSA) is 54.1 Å². The lowest BCUT2D eigenvalue weighted by Crippen LogP contribution is -2.57. The van der Waals surface area contributed by atoms with Crippen molar-refractivity contribution in [1.29, 1.82) is 5.41 Å². The molecular formula is C20H23F3N4O. The van der Waals surface area contributed by atoms with E-state index in [4.69, 9.17) is 10.1 Å². The molecule has 8 heteroatoms. The number of fused-ring (bicyclic) bond motifs is 1. The van der Waals surface area contributed by atoms with Crippen LogP contribution in [0.2, 0.25) is 0 Å². The number of benzene rings is 1. The highest BCUT2D eigenvalue weighted by atomic mass is 19.4.